The molecule has 4 nitrogen and oxygen atoms in total. The van der Waals surface area contributed by atoms with Gasteiger partial charge in [0.15, 0.2) is 5.65 Å². The van der Waals surface area contributed by atoms with Crippen LogP contribution < -0.4 is 0 Å². The maximum atomic E-state index is 5.72. The van der Waals surface area contributed by atoms with Crippen LogP contribution in [0.2, 0.25) is 5.28 Å². The molecule has 6 heteroatoms. The molecule has 2 aromatic heterocycles. The van der Waals surface area contributed by atoms with Gasteiger partial charge in [0.1, 0.15) is 0 Å². The summed E-state index contributed by atoms with van der Waals surface area (Å²) >= 11 is 7.74. The highest BCUT2D eigenvalue weighted by Gasteiger charge is 2.02. The van der Waals surface area contributed by atoms with Crippen molar-refractivity contribution in [2.75, 3.05) is 0 Å². The zero-order valence-electron chi connectivity index (χ0n) is 5.20. The normalized spacial score (nSPS) is 10.7. The van der Waals surface area contributed by atoms with E-state index >= 15 is 0 Å². The maximum absolute atomic E-state index is 5.72. The van der Waals surface area contributed by atoms with Gasteiger partial charge in [-0.1, -0.05) is 0 Å². The number of nitrogens with zero attached hydrogens (tertiary/aromatic N) is 4. The summed E-state index contributed by atoms with van der Waals surface area (Å²) in [4.78, 5) is 7.93. The Bertz CT molecular complexity index is 398. The predicted octanol–water partition coefficient (Wildman–Crippen LogP) is 1.38. The fourth-order valence-corrected chi connectivity index (χ4v) is 1.41. The number of fused-ring (bicyclic) bond motifs is 1. The van der Waals surface area contributed by atoms with Crippen LogP contribution in [0.15, 0.2) is 12.3 Å². The first-order valence-electron chi connectivity index (χ1n) is 2.80. The van der Waals surface area contributed by atoms with Crippen LogP contribution in [0.25, 0.3) is 5.65 Å². The van der Waals surface area contributed by atoms with Crippen LogP contribution in [0.4, 0.5) is 0 Å². The molecule has 0 aliphatic rings. The Hall–Kier alpha value is -0.430. The van der Waals surface area contributed by atoms with E-state index in [9.17, 15) is 0 Å². The second-order valence-corrected chi connectivity index (χ2v) is 3.17. The summed E-state index contributed by atoms with van der Waals surface area (Å²) in [5, 5.41) is 4.34. The van der Waals surface area contributed by atoms with Crippen LogP contribution in [-0.2, 0) is 0 Å². The SMILES string of the molecule is Clc1nccc2nc(I)nn12. The average Bonchev–Trinajstić information content (AvgIpc) is 2.31. The lowest BCUT2D eigenvalue weighted by Gasteiger charge is -1.90. The van der Waals surface area contributed by atoms with Gasteiger partial charge < -0.3 is 0 Å². The van der Waals surface area contributed by atoms with Crippen molar-refractivity contribution in [3.05, 3.63) is 21.4 Å². The molecule has 0 aliphatic heterocycles. The highest BCUT2D eigenvalue weighted by Crippen LogP contribution is 2.07. The van der Waals surface area contributed by atoms with E-state index in [0.29, 0.717) is 9.11 Å². The van der Waals surface area contributed by atoms with E-state index in [0.717, 1.165) is 5.65 Å². The number of rotatable bonds is 0. The molecule has 0 saturated carbocycles. The molecule has 0 aromatic carbocycles. The zero-order valence-corrected chi connectivity index (χ0v) is 8.11. The van der Waals surface area contributed by atoms with Crippen molar-refractivity contribution >= 4 is 39.8 Å². The molecule has 0 unspecified atom stereocenters. The van der Waals surface area contributed by atoms with E-state index in [4.69, 9.17) is 11.6 Å². The van der Waals surface area contributed by atoms with Crippen molar-refractivity contribution < 1.29 is 0 Å². The first-order valence-corrected chi connectivity index (χ1v) is 4.26. The summed E-state index contributed by atoms with van der Waals surface area (Å²) in [6, 6.07) is 1.75. The van der Waals surface area contributed by atoms with Gasteiger partial charge in [-0.3, -0.25) is 0 Å². The van der Waals surface area contributed by atoms with Gasteiger partial charge in [0, 0.05) is 34.9 Å². The molecule has 0 N–H and O–H groups in total. The molecule has 0 aliphatic carbocycles. The smallest absolute Gasteiger partial charge is 0.225 e. The summed E-state index contributed by atoms with van der Waals surface area (Å²) < 4.78 is 2.15. The molecule has 2 aromatic rings. The van der Waals surface area contributed by atoms with Crippen LogP contribution in [0, 0.1) is 3.83 Å². The quantitative estimate of drug-likeness (QED) is 0.541. The molecule has 0 radical (unpaired) electrons. The Kier molecular flexibility index (Phi) is 1.68. The van der Waals surface area contributed by atoms with Gasteiger partial charge in [-0.2, -0.15) is 4.52 Å². The molecule has 0 saturated heterocycles. The van der Waals surface area contributed by atoms with Gasteiger partial charge in [-0.15, -0.1) is 5.10 Å². The minimum absolute atomic E-state index is 0.331. The summed E-state index contributed by atoms with van der Waals surface area (Å²) in [7, 11) is 0. The number of hydrogen-bond acceptors (Lipinski definition) is 3. The van der Waals surface area contributed by atoms with Crippen molar-refractivity contribution in [2.24, 2.45) is 0 Å². The monoisotopic (exact) mass is 280 g/mol. The molecular weight excluding hydrogens is 278 g/mol. The van der Waals surface area contributed by atoms with Crippen LogP contribution in [0.3, 0.4) is 0 Å². The Morgan fingerprint density at radius 3 is 3.09 bits per heavy atom. The lowest BCUT2D eigenvalue weighted by molar-refractivity contribution is 0.909. The van der Waals surface area contributed by atoms with Crippen LogP contribution in [-0.4, -0.2) is 19.6 Å². The fourth-order valence-electron chi connectivity index (χ4n) is 0.762. The van der Waals surface area contributed by atoms with Crippen LogP contribution in [0.5, 0.6) is 0 Å². The standard InChI is InChI=1S/C5H2ClIN4/c6-4-8-2-1-3-9-5(7)10-11(3)4/h1-2H. The van der Waals surface area contributed by atoms with Gasteiger partial charge in [0.25, 0.3) is 0 Å². The van der Waals surface area contributed by atoms with Gasteiger partial charge in [-0.05, 0) is 11.6 Å². The Morgan fingerprint density at radius 2 is 2.36 bits per heavy atom. The second kappa shape index (κ2) is 2.56. The summed E-state index contributed by atoms with van der Waals surface area (Å²) in [5.74, 6) is 0. The highest BCUT2D eigenvalue weighted by molar-refractivity contribution is 14.1. The fraction of sp³-hybridized carbons (Fsp3) is 0. The van der Waals surface area contributed by atoms with E-state index in [-0.39, 0.29) is 0 Å². The Morgan fingerprint density at radius 1 is 1.55 bits per heavy atom. The van der Waals surface area contributed by atoms with Crippen molar-refractivity contribution in [1.82, 2.24) is 19.6 Å². The van der Waals surface area contributed by atoms with E-state index in [2.05, 4.69) is 15.1 Å². The summed E-state index contributed by atoms with van der Waals surface area (Å²) in [6.45, 7) is 0. The summed E-state index contributed by atoms with van der Waals surface area (Å²) in [5.41, 5.74) is 0.717. The van der Waals surface area contributed by atoms with E-state index < -0.39 is 0 Å². The van der Waals surface area contributed by atoms with Gasteiger partial charge in [0.05, 0.1) is 0 Å². The van der Waals surface area contributed by atoms with Crippen LogP contribution >= 0.6 is 34.2 Å². The molecule has 0 fully saturated rings. The summed E-state index contributed by atoms with van der Waals surface area (Å²) in [6.07, 6.45) is 1.60. The molecule has 2 heterocycles. The lowest BCUT2D eigenvalue weighted by atomic mass is 10.6. The van der Waals surface area contributed by atoms with Crippen molar-refractivity contribution in [3.8, 4) is 0 Å². The second-order valence-electron chi connectivity index (χ2n) is 1.86. The van der Waals surface area contributed by atoms with E-state index in [1.165, 1.54) is 4.52 Å². The highest BCUT2D eigenvalue weighted by atomic mass is 127. The molecule has 11 heavy (non-hydrogen) atoms. The minimum atomic E-state index is 0.331. The molecular formula is C5H2ClIN4. The zero-order chi connectivity index (χ0) is 7.84. The largest absolute Gasteiger partial charge is 0.226 e. The predicted molar refractivity (Wildman–Crippen MR) is 48.5 cm³/mol. The van der Waals surface area contributed by atoms with Crippen molar-refractivity contribution in [2.45, 2.75) is 0 Å². The third-order valence-electron chi connectivity index (χ3n) is 1.19. The molecule has 0 spiro atoms. The number of aromatic nitrogens is 4. The number of halogens is 2. The minimum Gasteiger partial charge on any atom is -0.226 e. The molecule has 0 atom stereocenters. The first-order chi connectivity index (χ1) is 5.27. The van der Waals surface area contributed by atoms with Crippen LogP contribution in [0.1, 0.15) is 0 Å². The molecule has 56 valence electrons. The van der Waals surface area contributed by atoms with Gasteiger partial charge >= 0.3 is 0 Å². The van der Waals surface area contributed by atoms with Gasteiger partial charge in [0.2, 0.25) is 9.11 Å². The third-order valence-corrected chi connectivity index (χ3v) is 1.90. The molecule has 0 amide bonds. The molecule has 2 rings (SSSR count). The topological polar surface area (TPSA) is 43.1 Å². The van der Waals surface area contributed by atoms with E-state index in [1.54, 1.807) is 12.3 Å². The van der Waals surface area contributed by atoms with Crippen molar-refractivity contribution in [3.63, 3.8) is 0 Å². The van der Waals surface area contributed by atoms with Gasteiger partial charge in [-0.25, -0.2) is 9.97 Å². The third kappa shape index (κ3) is 1.18. The van der Waals surface area contributed by atoms with E-state index in [1.807, 2.05) is 22.6 Å². The average molecular weight is 280 g/mol. The van der Waals surface area contributed by atoms with Crippen molar-refractivity contribution in [1.29, 1.82) is 0 Å². The molecule has 0 bridgehead atoms. The Balaban J connectivity index is 2.90. The Labute approximate surface area is 80.7 Å². The lowest BCUT2D eigenvalue weighted by Crippen LogP contribution is -1.91. The maximum Gasteiger partial charge on any atom is 0.225 e. The number of hydrogen-bond donors (Lipinski definition) is 0. The first kappa shape index (κ1) is 7.23.